The van der Waals surface area contributed by atoms with Gasteiger partial charge in [0.15, 0.2) is 5.58 Å². The molecule has 1 aliphatic rings. The number of hydrogen-bond acceptors (Lipinski definition) is 6. The zero-order valence-corrected chi connectivity index (χ0v) is 16.6. The fraction of sp³-hybridized carbons (Fsp3) is 0.0476. The Hall–Kier alpha value is -4.05. The van der Waals surface area contributed by atoms with Crippen LogP contribution >= 0.6 is 0 Å². The van der Waals surface area contributed by atoms with Crippen LogP contribution in [0, 0.1) is 0 Å². The van der Waals surface area contributed by atoms with Gasteiger partial charge in [-0.15, -0.1) is 0 Å². The third kappa shape index (κ3) is 3.53. The summed E-state index contributed by atoms with van der Waals surface area (Å²) < 4.78 is 38.7. The van der Waals surface area contributed by atoms with E-state index in [0.29, 0.717) is 22.5 Å². The Balaban J connectivity index is 1.41. The highest BCUT2D eigenvalue weighted by Gasteiger charge is 2.29. The lowest BCUT2D eigenvalue weighted by Crippen LogP contribution is -2.30. The first-order valence-corrected chi connectivity index (χ1v) is 10.7. The maximum absolute atomic E-state index is 12.8. The van der Waals surface area contributed by atoms with E-state index >= 15 is 0 Å². The number of amides is 1. The van der Waals surface area contributed by atoms with Crippen LogP contribution in [0.15, 0.2) is 80.8 Å². The van der Waals surface area contributed by atoms with Crippen molar-refractivity contribution in [3.8, 4) is 5.75 Å². The van der Waals surface area contributed by atoms with Crippen molar-refractivity contribution >= 4 is 38.4 Å². The van der Waals surface area contributed by atoms with Gasteiger partial charge in [0.05, 0.1) is 21.8 Å². The minimum atomic E-state index is -3.97. The monoisotopic (exact) mass is 437 g/mol. The Morgan fingerprint density at radius 1 is 0.935 bits per heavy atom. The fourth-order valence-corrected chi connectivity index (χ4v) is 4.39. The van der Waals surface area contributed by atoms with E-state index in [2.05, 4.69) is 15.0 Å². The Kier molecular flexibility index (Phi) is 4.29. The number of oxazole rings is 1. The van der Waals surface area contributed by atoms with Crippen molar-refractivity contribution in [1.82, 2.24) is 4.98 Å². The van der Waals surface area contributed by atoms with E-state index in [4.69, 9.17) is 9.15 Å². The Labute approximate surface area is 175 Å². The third-order valence-corrected chi connectivity index (χ3v) is 6.16. The number of benzene rings is 3. The van der Waals surface area contributed by atoms with Crippen molar-refractivity contribution < 1.29 is 22.4 Å². The van der Waals surface area contributed by atoms with Crippen LogP contribution in [0.25, 0.3) is 11.1 Å². The molecule has 31 heavy (non-hydrogen) atoms. The smallest absolute Gasteiger partial charge is 0.417 e. The second-order valence-electron chi connectivity index (χ2n) is 6.89. The summed E-state index contributed by atoms with van der Waals surface area (Å²) in [5.74, 6) is -0.602. The quantitative estimate of drug-likeness (QED) is 0.450. The van der Waals surface area contributed by atoms with Gasteiger partial charge in [0.1, 0.15) is 5.75 Å². The molecule has 0 spiro atoms. The van der Waals surface area contributed by atoms with Gasteiger partial charge in [-0.1, -0.05) is 30.3 Å². The predicted molar refractivity (Wildman–Crippen MR) is 113 cm³/mol. The van der Waals surface area contributed by atoms with E-state index in [1.54, 1.807) is 18.2 Å². The Morgan fingerprint density at radius 2 is 1.74 bits per heavy atom. The van der Waals surface area contributed by atoms with E-state index < -0.39 is 21.9 Å². The number of aromatic nitrogens is 1. The lowest BCUT2D eigenvalue weighted by Gasteiger charge is -2.26. The first-order chi connectivity index (χ1) is 14.9. The Bertz CT molecular complexity index is 1470. The summed E-state index contributed by atoms with van der Waals surface area (Å²) in [6.45, 7) is 0. The number of rotatable bonds is 4. The van der Waals surface area contributed by atoms with E-state index in [1.807, 2.05) is 18.2 Å². The van der Waals surface area contributed by atoms with Crippen LogP contribution in [-0.2, 0) is 14.8 Å². The normalized spacial score (nSPS) is 15.7. The summed E-state index contributed by atoms with van der Waals surface area (Å²) >= 11 is 0. The molecule has 3 N–H and O–H groups in total. The lowest BCUT2D eigenvalue weighted by molar-refractivity contribution is -0.123. The van der Waals surface area contributed by atoms with Gasteiger partial charge in [-0.2, -0.15) is 0 Å². The van der Waals surface area contributed by atoms with Crippen molar-refractivity contribution in [2.24, 2.45) is 0 Å². The molecule has 1 aromatic heterocycles. The lowest BCUT2D eigenvalue weighted by atomic mass is 10.1. The molecular weight excluding hydrogens is 422 g/mol. The van der Waals surface area contributed by atoms with Gasteiger partial charge in [0, 0.05) is 11.6 Å². The molecule has 9 nitrogen and oxygen atoms in total. The zero-order chi connectivity index (χ0) is 21.6. The number of H-pyrrole nitrogens is 1. The Morgan fingerprint density at radius 3 is 2.55 bits per heavy atom. The van der Waals surface area contributed by atoms with Gasteiger partial charge >= 0.3 is 5.76 Å². The standard InChI is InChI=1S/C21H15N3O6S/c25-20-19(12-4-2-1-3-5-12)29-17-9-6-13(10-16(17)22-20)24-31(27,28)14-7-8-15-18(11-14)30-21(26)23-15/h1-11,19,24H,(H,22,25)(H,23,26). The van der Waals surface area contributed by atoms with Crippen LogP contribution in [0.3, 0.4) is 0 Å². The fourth-order valence-electron chi connectivity index (χ4n) is 3.33. The second kappa shape index (κ2) is 7.03. The average Bonchev–Trinajstić information content (AvgIpc) is 3.13. The van der Waals surface area contributed by atoms with Gasteiger partial charge in [0.25, 0.3) is 15.9 Å². The molecule has 0 radical (unpaired) electrons. The number of carbonyl (C=O) groups is 1. The molecule has 10 heteroatoms. The van der Waals surface area contributed by atoms with Gasteiger partial charge in [-0.3, -0.25) is 14.5 Å². The molecule has 0 fully saturated rings. The number of anilines is 2. The molecule has 1 unspecified atom stereocenters. The first-order valence-electron chi connectivity index (χ1n) is 9.21. The number of sulfonamides is 1. The van der Waals surface area contributed by atoms with Gasteiger partial charge in [-0.05, 0) is 30.3 Å². The van der Waals surface area contributed by atoms with Crippen LogP contribution < -0.4 is 20.5 Å². The minimum absolute atomic E-state index is 0.0788. The highest BCUT2D eigenvalue weighted by atomic mass is 32.2. The van der Waals surface area contributed by atoms with Gasteiger partial charge in [-0.25, -0.2) is 13.2 Å². The maximum atomic E-state index is 12.8. The van der Waals surface area contributed by atoms with Crippen LogP contribution in [0.5, 0.6) is 5.75 Å². The van der Waals surface area contributed by atoms with Gasteiger partial charge in [0.2, 0.25) is 6.10 Å². The topological polar surface area (TPSA) is 130 Å². The molecule has 4 aromatic rings. The largest absolute Gasteiger partial charge is 0.474 e. The molecule has 2 heterocycles. The number of nitrogens with one attached hydrogen (secondary N) is 3. The van der Waals surface area contributed by atoms with E-state index in [-0.39, 0.29) is 22.1 Å². The average molecular weight is 437 g/mol. The van der Waals surface area contributed by atoms with Crippen molar-refractivity contribution in [3.63, 3.8) is 0 Å². The van der Waals surface area contributed by atoms with Crippen molar-refractivity contribution in [2.45, 2.75) is 11.0 Å². The van der Waals surface area contributed by atoms with Crippen LogP contribution in [0.1, 0.15) is 11.7 Å². The van der Waals surface area contributed by atoms with Crippen LogP contribution in [0.4, 0.5) is 11.4 Å². The number of ether oxygens (including phenoxy) is 1. The molecule has 1 atom stereocenters. The summed E-state index contributed by atoms with van der Waals surface area (Å²) in [7, 11) is -3.97. The van der Waals surface area contributed by atoms with E-state index in [0.717, 1.165) is 0 Å². The van der Waals surface area contributed by atoms with Crippen molar-refractivity contribution in [3.05, 3.63) is 82.8 Å². The molecule has 0 saturated carbocycles. The predicted octanol–water partition coefficient (Wildman–Crippen LogP) is 2.99. The van der Waals surface area contributed by atoms with Crippen LogP contribution in [0.2, 0.25) is 0 Å². The molecule has 5 rings (SSSR count). The highest BCUT2D eigenvalue weighted by Crippen LogP contribution is 2.37. The molecular formula is C21H15N3O6S. The van der Waals surface area contributed by atoms with Gasteiger partial charge < -0.3 is 14.5 Å². The molecule has 3 aromatic carbocycles. The first kappa shape index (κ1) is 18.9. The summed E-state index contributed by atoms with van der Waals surface area (Å²) in [5, 5.41) is 2.75. The van der Waals surface area contributed by atoms with E-state index in [1.165, 1.54) is 30.3 Å². The number of carbonyl (C=O) groups excluding carboxylic acids is 1. The highest BCUT2D eigenvalue weighted by molar-refractivity contribution is 7.92. The third-order valence-electron chi connectivity index (χ3n) is 4.78. The maximum Gasteiger partial charge on any atom is 0.417 e. The molecule has 1 amide bonds. The van der Waals surface area contributed by atoms with Crippen molar-refractivity contribution in [1.29, 1.82) is 0 Å². The minimum Gasteiger partial charge on any atom is -0.474 e. The van der Waals surface area contributed by atoms with Crippen LogP contribution in [-0.4, -0.2) is 19.3 Å². The summed E-state index contributed by atoms with van der Waals surface area (Å²) in [5.41, 5.74) is 1.82. The molecule has 0 bridgehead atoms. The summed E-state index contributed by atoms with van der Waals surface area (Å²) in [6.07, 6.45) is -0.793. The SMILES string of the molecule is O=C1Nc2cc(NS(=O)(=O)c3ccc4[nH]c(=O)oc4c3)ccc2OC1c1ccccc1. The van der Waals surface area contributed by atoms with Crippen molar-refractivity contribution in [2.75, 3.05) is 10.0 Å². The zero-order valence-electron chi connectivity index (χ0n) is 15.8. The number of aromatic amines is 1. The molecule has 1 aliphatic heterocycles. The number of hydrogen-bond donors (Lipinski definition) is 3. The number of fused-ring (bicyclic) bond motifs is 2. The molecule has 0 saturated heterocycles. The van der Waals surface area contributed by atoms with E-state index in [9.17, 15) is 18.0 Å². The molecule has 0 aliphatic carbocycles. The molecule has 156 valence electrons. The summed E-state index contributed by atoms with van der Waals surface area (Å²) in [4.78, 5) is 26.1. The summed E-state index contributed by atoms with van der Waals surface area (Å²) in [6, 6.07) is 17.7. The second-order valence-corrected chi connectivity index (χ2v) is 8.57.